The quantitative estimate of drug-likeness (QED) is 0.0291. The minimum absolute atomic E-state index is 0.0218. The molecule has 1 aromatic heterocycles. The Balaban J connectivity index is 1.42. The fourth-order valence-corrected chi connectivity index (χ4v) is 12.2. The minimum Gasteiger partial charge on any atom is -0.444 e. The van der Waals surface area contributed by atoms with Gasteiger partial charge in [0, 0.05) is 58.2 Å². The molecule has 490 valence electrons. The maximum absolute atomic E-state index is 14.9. The summed E-state index contributed by atoms with van der Waals surface area (Å²) in [5.41, 5.74) is 6.91. The first kappa shape index (κ1) is 73.8. The molecule has 11 atom stereocenters. The number of anilines is 1. The van der Waals surface area contributed by atoms with Crippen LogP contribution < -0.4 is 37.6 Å². The number of nitrogens with zero attached hydrogens (tertiary/aromatic N) is 4. The maximum atomic E-state index is 14.9. The third-order valence-electron chi connectivity index (χ3n) is 16.4. The summed E-state index contributed by atoms with van der Waals surface area (Å²) >= 11 is 1.49. The Morgan fingerprint density at radius 2 is 1.44 bits per heavy atom. The molecule has 0 aliphatic carbocycles. The SMILES string of the molecule is CCC(C)C(C(CC(=O)N1CCCC1C(OC)C(C)C(=O)NC(Cc1ccccc1)c1nccs1)OC)N(C)C(=O)C(NC(=O)C(C(C)C)N(C)CCc1ccc(NC(=O)C(CCCNC(N)=O)NC(=O)C(NC(=O)OC(C)(C)C)C(C)C)cc1)C(C)C. The molecule has 2 aromatic carbocycles. The lowest BCUT2D eigenvalue weighted by atomic mass is 9.89. The first-order chi connectivity index (χ1) is 41.5. The molecule has 88 heavy (non-hydrogen) atoms. The van der Waals surface area contributed by atoms with E-state index in [1.165, 1.54) is 11.3 Å². The molecule has 9 amide bonds. The highest BCUT2D eigenvalue weighted by molar-refractivity contribution is 7.09. The summed E-state index contributed by atoms with van der Waals surface area (Å²) < 4.78 is 17.6. The van der Waals surface area contributed by atoms with Crippen LogP contribution in [-0.4, -0.2) is 169 Å². The molecule has 23 heteroatoms. The van der Waals surface area contributed by atoms with Crippen LogP contribution in [0.5, 0.6) is 0 Å². The number of nitrogens with two attached hydrogens (primary N) is 1. The van der Waals surface area contributed by atoms with Gasteiger partial charge in [-0.25, -0.2) is 14.6 Å². The van der Waals surface area contributed by atoms with E-state index in [1.54, 1.807) is 79.1 Å². The van der Waals surface area contributed by atoms with Crippen LogP contribution in [-0.2, 0) is 55.8 Å². The van der Waals surface area contributed by atoms with E-state index in [-0.39, 0.29) is 78.8 Å². The van der Waals surface area contributed by atoms with E-state index in [2.05, 4.69) is 36.9 Å². The van der Waals surface area contributed by atoms with Crippen molar-refractivity contribution in [3.8, 4) is 0 Å². The number of thiazole rings is 1. The van der Waals surface area contributed by atoms with Gasteiger partial charge in [-0.15, -0.1) is 11.3 Å². The predicted octanol–water partition coefficient (Wildman–Crippen LogP) is 7.22. The smallest absolute Gasteiger partial charge is 0.408 e. The van der Waals surface area contributed by atoms with Crippen molar-refractivity contribution in [1.29, 1.82) is 0 Å². The summed E-state index contributed by atoms with van der Waals surface area (Å²) in [7, 11) is 6.73. The summed E-state index contributed by atoms with van der Waals surface area (Å²) in [6.07, 6.45) is 3.26. The highest BCUT2D eigenvalue weighted by Crippen LogP contribution is 2.31. The summed E-state index contributed by atoms with van der Waals surface area (Å²) in [5.74, 6) is -3.55. The predicted molar refractivity (Wildman–Crippen MR) is 343 cm³/mol. The molecule has 8 N–H and O–H groups in total. The first-order valence-electron chi connectivity index (χ1n) is 31.1. The van der Waals surface area contributed by atoms with E-state index in [0.29, 0.717) is 50.9 Å². The molecular formula is C65H103N11O11S. The molecule has 11 unspecified atom stereocenters. The van der Waals surface area contributed by atoms with Gasteiger partial charge in [0.15, 0.2) is 0 Å². The zero-order valence-electron chi connectivity index (χ0n) is 55.0. The molecule has 4 rings (SSSR count). The molecule has 22 nitrogen and oxygen atoms in total. The molecule has 0 saturated carbocycles. The Morgan fingerprint density at radius 1 is 0.784 bits per heavy atom. The van der Waals surface area contributed by atoms with Crippen molar-refractivity contribution in [2.75, 3.05) is 53.3 Å². The number of primary amides is 1. The number of aromatic nitrogens is 1. The van der Waals surface area contributed by atoms with Crippen LogP contribution in [0.1, 0.15) is 144 Å². The van der Waals surface area contributed by atoms with Gasteiger partial charge in [0.25, 0.3) is 0 Å². The van der Waals surface area contributed by atoms with Crippen molar-refractivity contribution < 1.29 is 52.6 Å². The largest absolute Gasteiger partial charge is 0.444 e. The number of ether oxygens (including phenoxy) is 3. The average molecular weight is 1250 g/mol. The van der Waals surface area contributed by atoms with Gasteiger partial charge in [0.1, 0.15) is 28.7 Å². The van der Waals surface area contributed by atoms with E-state index in [9.17, 15) is 38.4 Å². The Labute approximate surface area is 526 Å². The van der Waals surface area contributed by atoms with Gasteiger partial charge < -0.3 is 61.6 Å². The number of alkyl carbamates (subject to hydrolysis) is 1. The number of urea groups is 1. The van der Waals surface area contributed by atoms with Gasteiger partial charge in [0.05, 0.1) is 48.7 Å². The second-order valence-corrected chi connectivity index (χ2v) is 26.3. The number of benzene rings is 2. The molecule has 2 heterocycles. The number of carbonyl (C=O) groups is 8. The second-order valence-electron chi connectivity index (χ2n) is 25.4. The van der Waals surface area contributed by atoms with Crippen LogP contribution in [0, 0.1) is 29.6 Å². The van der Waals surface area contributed by atoms with Crippen LogP contribution in [0.15, 0.2) is 66.2 Å². The average Bonchev–Trinajstić information content (AvgIpc) is 3.85. The number of likely N-dealkylation sites (N-methyl/N-ethyl adjacent to an activating group) is 2. The van der Waals surface area contributed by atoms with Gasteiger partial charge in [-0.05, 0) is 113 Å². The van der Waals surface area contributed by atoms with Crippen LogP contribution in [0.3, 0.4) is 0 Å². The Hall–Kier alpha value is -6.69. The van der Waals surface area contributed by atoms with Gasteiger partial charge in [-0.2, -0.15) is 0 Å². The molecule has 0 radical (unpaired) electrons. The van der Waals surface area contributed by atoms with Crippen LogP contribution in [0.4, 0.5) is 15.3 Å². The van der Waals surface area contributed by atoms with Crippen LogP contribution >= 0.6 is 11.3 Å². The number of rotatable bonds is 34. The third-order valence-corrected chi connectivity index (χ3v) is 17.3. The van der Waals surface area contributed by atoms with Crippen molar-refractivity contribution in [1.82, 2.24) is 46.3 Å². The number of methoxy groups -OCH3 is 2. The number of hydrogen-bond acceptors (Lipinski definition) is 14. The van der Waals surface area contributed by atoms with Crippen LogP contribution in [0.25, 0.3) is 0 Å². The monoisotopic (exact) mass is 1250 g/mol. The summed E-state index contributed by atoms with van der Waals surface area (Å²) in [4.78, 5) is 119. The zero-order valence-corrected chi connectivity index (χ0v) is 55.8. The third kappa shape index (κ3) is 22.4. The van der Waals surface area contributed by atoms with E-state index >= 15 is 0 Å². The molecule has 1 fully saturated rings. The number of hydrogen-bond donors (Lipinski definition) is 7. The zero-order chi connectivity index (χ0) is 65.6. The van der Waals surface area contributed by atoms with Crippen molar-refractivity contribution in [3.05, 3.63) is 82.3 Å². The molecule has 0 spiro atoms. The van der Waals surface area contributed by atoms with E-state index in [0.717, 1.165) is 22.6 Å². The molecule has 1 aliphatic heterocycles. The fourth-order valence-electron chi connectivity index (χ4n) is 11.5. The number of amides is 9. The lowest BCUT2D eigenvalue weighted by Crippen LogP contribution is -2.60. The summed E-state index contributed by atoms with van der Waals surface area (Å²) in [6.45, 7) is 23.4. The highest BCUT2D eigenvalue weighted by atomic mass is 32.1. The second kappa shape index (κ2) is 35.5. The molecule has 3 aromatic rings. The molecule has 0 bridgehead atoms. The maximum Gasteiger partial charge on any atom is 0.408 e. The number of carbonyl (C=O) groups excluding carboxylic acids is 8. The topological polar surface area (TPSA) is 285 Å². The van der Waals surface area contributed by atoms with Crippen molar-refractivity contribution >= 4 is 64.6 Å². The lowest BCUT2D eigenvalue weighted by molar-refractivity contribution is -0.148. The van der Waals surface area contributed by atoms with Crippen LogP contribution in [0.2, 0.25) is 0 Å². The van der Waals surface area contributed by atoms with Crippen molar-refractivity contribution in [2.24, 2.45) is 35.3 Å². The number of nitrogens with one attached hydrogen (secondary N) is 6. The molecule has 1 aliphatic rings. The standard InChI is InChI=1S/C65H103N11O11S/c1-17-42(8)55(50(85-15)38-51(77)76-34-22-26-49(76)56(86-16)43(9)57(78)71-48(61-67-33-36-88-61)37-45-23-19-18-20-24-45)75(14)62(82)53(40(4)5)72-60(81)54(41(6)7)74(13)35-31-44-27-29-46(30-28-44)69-58(79)47(25-21-32-68-63(66)83)70-59(80)52(39(2)3)73-64(84)87-65(10,11)12/h18-20,23-24,27-30,33,36,39-43,47-50,52-56H,17,21-22,25-26,31-32,34-35,37-38H2,1-16H3,(H,69,79)(H,70,80)(H,71,78)(H,72,81)(H,73,84)(H3,66,68,83). The van der Waals surface area contributed by atoms with Gasteiger partial charge in [-0.3, -0.25) is 33.7 Å². The van der Waals surface area contributed by atoms with Gasteiger partial charge >= 0.3 is 12.1 Å². The lowest BCUT2D eigenvalue weighted by Gasteiger charge is -2.41. The summed E-state index contributed by atoms with van der Waals surface area (Å²) in [6, 6.07) is 11.6. The Morgan fingerprint density at radius 3 is 2.00 bits per heavy atom. The van der Waals surface area contributed by atoms with Crippen molar-refractivity contribution in [3.63, 3.8) is 0 Å². The van der Waals surface area contributed by atoms with Gasteiger partial charge in [0.2, 0.25) is 35.4 Å². The molecule has 1 saturated heterocycles. The van der Waals surface area contributed by atoms with E-state index in [4.69, 9.17) is 19.9 Å². The first-order valence-corrected chi connectivity index (χ1v) is 32.0. The fraction of sp³-hybridized carbons (Fsp3) is 0.646. The minimum atomic E-state index is -1.04. The Kier molecular flexibility index (Phi) is 29.8. The van der Waals surface area contributed by atoms with Crippen molar-refractivity contribution in [2.45, 2.75) is 195 Å². The van der Waals surface area contributed by atoms with Gasteiger partial charge in [-0.1, -0.05) is 111 Å². The number of likely N-dealkylation sites (tertiary alicyclic amines) is 1. The van der Waals surface area contributed by atoms with E-state index < -0.39 is 77.9 Å². The molecular weight excluding hydrogens is 1140 g/mol. The highest BCUT2D eigenvalue weighted by Gasteiger charge is 2.44. The Bertz CT molecular complexity index is 2690. The summed E-state index contributed by atoms with van der Waals surface area (Å²) in [5, 5.41) is 19.8. The normalized spacial score (nSPS) is 17.0. The van der Waals surface area contributed by atoms with E-state index in [1.807, 2.05) is 113 Å².